The van der Waals surface area contributed by atoms with Gasteiger partial charge in [-0.2, -0.15) is 0 Å². The summed E-state index contributed by atoms with van der Waals surface area (Å²) in [5, 5.41) is 0. The van der Waals surface area contributed by atoms with Crippen LogP contribution < -0.4 is 4.46 Å². The van der Waals surface area contributed by atoms with E-state index in [9.17, 15) is 4.57 Å². The molecule has 0 saturated heterocycles. The van der Waals surface area contributed by atoms with E-state index in [-0.39, 0.29) is 14.5 Å². The van der Waals surface area contributed by atoms with Crippen molar-refractivity contribution >= 4 is 25.3 Å². The van der Waals surface area contributed by atoms with E-state index in [4.69, 9.17) is 9.05 Å². The summed E-state index contributed by atoms with van der Waals surface area (Å²) in [6.07, 6.45) is -2.86. The summed E-state index contributed by atoms with van der Waals surface area (Å²) in [5.41, 5.74) is 1.19. The van der Waals surface area contributed by atoms with Gasteiger partial charge >= 0.3 is 89.8 Å². The molecule has 1 aromatic carbocycles. The van der Waals surface area contributed by atoms with Crippen molar-refractivity contribution in [2.75, 3.05) is 14.2 Å². The molecule has 0 radical (unpaired) electrons. The molecule has 1 aromatic rings. The fraction of sp³-hybridized carbons (Fsp3) is 0.333. The van der Waals surface area contributed by atoms with E-state index in [1.807, 2.05) is 31.2 Å². The molecule has 5 heteroatoms. The predicted molar refractivity (Wildman–Crippen MR) is 58.2 cm³/mol. The zero-order chi connectivity index (χ0) is 10.6. The molecule has 0 bridgehead atoms. The number of aryl methyl sites for hydroxylation is 1. The normalized spacial score (nSPS) is 11.6. The van der Waals surface area contributed by atoms with E-state index in [1.165, 1.54) is 19.8 Å². The van der Waals surface area contributed by atoms with Crippen LogP contribution >= 0.6 is 6.29 Å². The quantitative estimate of drug-likeness (QED) is 0.622. The number of rotatable bonds is 4. The van der Waals surface area contributed by atoms with Gasteiger partial charge in [-0.25, -0.2) is 0 Å². The van der Waals surface area contributed by atoms with Gasteiger partial charge in [-0.1, -0.05) is 0 Å². The van der Waals surface area contributed by atoms with Crippen LogP contribution in [0.3, 0.4) is 0 Å². The fourth-order valence-corrected chi connectivity index (χ4v) is 5.17. The average molecular weight is 279 g/mol. The van der Waals surface area contributed by atoms with Crippen molar-refractivity contribution in [3.05, 3.63) is 29.8 Å². The van der Waals surface area contributed by atoms with E-state index < -0.39 is 6.29 Å². The molecule has 0 spiro atoms. The third-order valence-electron chi connectivity index (χ3n) is 1.69. The Balaban J connectivity index is 2.78. The Morgan fingerprint density at radius 3 is 2.07 bits per heavy atom. The molecular formula is C9H13O3PSe. The van der Waals surface area contributed by atoms with Gasteiger partial charge in [-0.15, -0.1) is 0 Å². The van der Waals surface area contributed by atoms with Crippen LogP contribution in [-0.2, 0) is 13.6 Å². The second-order valence-corrected chi connectivity index (χ2v) is 9.48. The Labute approximate surface area is 90.1 Å². The number of benzene rings is 1. The van der Waals surface area contributed by atoms with Crippen LogP contribution in [-0.4, -0.2) is 28.7 Å². The van der Waals surface area contributed by atoms with Gasteiger partial charge in [0.15, 0.2) is 0 Å². The standard InChI is InChI=1S/C9H13O3PSe/c1-8-4-6-9(7-5-8)14-13(10,11-2)12-3/h4-7H,1-3H3. The van der Waals surface area contributed by atoms with Crippen LogP contribution in [0.25, 0.3) is 0 Å². The molecule has 0 unspecified atom stereocenters. The molecule has 0 fully saturated rings. The summed E-state index contributed by atoms with van der Waals surface area (Å²) >= 11 is -0.274. The Morgan fingerprint density at radius 1 is 1.14 bits per heavy atom. The van der Waals surface area contributed by atoms with E-state index in [0.717, 1.165) is 4.46 Å². The molecule has 0 amide bonds. The second kappa shape index (κ2) is 5.11. The molecule has 0 N–H and O–H groups in total. The van der Waals surface area contributed by atoms with Crippen molar-refractivity contribution in [2.24, 2.45) is 0 Å². The Hall–Kier alpha value is -0.111. The van der Waals surface area contributed by atoms with Crippen LogP contribution in [0.4, 0.5) is 0 Å². The van der Waals surface area contributed by atoms with E-state index >= 15 is 0 Å². The van der Waals surface area contributed by atoms with Crippen molar-refractivity contribution in [1.82, 2.24) is 0 Å². The molecule has 78 valence electrons. The first-order valence-corrected chi connectivity index (χ1v) is 8.69. The second-order valence-electron chi connectivity index (χ2n) is 2.72. The zero-order valence-corrected chi connectivity index (χ0v) is 11.0. The molecule has 14 heavy (non-hydrogen) atoms. The first-order chi connectivity index (χ1) is 6.59. The van der Waals surface area contributed by atoms with Gasteiger partial charge < -0.3 is 0 Å². The maximum atomic E-state index is 11.8. The van der Waals surface area contributed by atoms with Crippen LogP contribution in [0.5, 0.6) is 0 Å². The third-order valence-corrected chi connectivity index (χ3v) is 8.20. The molecule has 3 nitrogen and oxygen atoms in total. The van der Waals surface area contributed by atoms with Gasteiger partial charge in [0.1, 0.15) is 0 Å². The fourth-order valence-electron chi connectivity index (χ4n) is 0.877. The molecule has 1 rings (SSSR count). The van der Waals surface area contributed by atoms with Crippen molar-refractivity contribution in [1.29, 1.82) is 0 Å². The SMILES string of the molecule is COP(=O)(OC)[Se]c1ccc(C)cc1. The van der Waals surface area contributed by atoms with Crippen LogP contribution in [0.1, 0.15) is 5.56 Å². The van der Waals surface area contributed by atoms with Gasteiger partial charge in [0.25, 0.3) is 0 Å². The van der Waals surface area contributed by atoms with Crippen molar-refractivity contribution < 1.29 is 13.6 Å². The summed E-state index contributed by atoms with van der Waals surface area (Å²) in [4.78, 5) is 0. The van der Waals surface area contributed by atoms with Crippen molar-refractivity contribution in [3.63, 3.8) is 0 Å². The molecule has 0 atom stereocenters. The topological polar surface area (TPSA) is 35.5 Å². The molecule has 0 aliphatic rings. The Bertz CT molecular complexity index is 328. The molecule has 0 aliphatic heterocycles. The zero-order valence-electron chi connectivity index (χ0n) is 8.39. The Morgan fingerprint density at radius 2 is 1.64 bits per heavy atom. The van der Waals surface area contributed by atoms with E-state index in [1.54, 1.807) is 0 Å². The van der Waals surface area contributed by atoms with Gasteiger partial charge in [-0.3, -0.25) is 0 Å². The maximum absolute atomic E-state index is 11.8. The number of hydrogen-bond donors (Lipinski definition) is 0. The predicted octanol–water partition coefficient (Wildman–Crippen LogP) is 1.73. The summed E-state index contributed by atoms with van der Waals surface area (Å²) in [6.45, 7) is 2.02. The third kappa shape index (κ3) is 3.23. The van der Waals surface area contributed by atoms with Crippen molar-refractivity contribution in [2.45, 2.75) is 6.92 Å². The van der Waals surface area contributed by atoms with E-state index in [2.05, 4.69) is 0 Å². The monoisotopic (exact) mass is 280 g/mol. The molecule has 0 aromatic heterocycles. The minimum atomic E-state index is -2.86. The van der Waals surface area contributed by atoms with Gasteiger partial charge in [0.2, 0.25) is 0 Å². The number of hydrogen-bond acceptors (Lipinski definition) is 3. The van der Waals surface area contributed by atoms with Gasteiger partial charge in [0, 0.05) is 0 Å². The minimum absolute atomic E-state index is 0.274. The first-order valence-electron chi connectivity index (χ1n) is 4.07. The van der Waals surface area contributed by atoms with Crippen LogP contribution in [0.2, 0.25) is 0 Å². The molecule has 0 heterocycles. The summed E-state index contributed by atoms with van der Waals surface area (Å²) < 4.78 is 22.6. The summed E-state index contributed by atoms with van der Waals surface area (Å²) in [5.74, 6) is 0. The summed E-state index contributed by atoms with van der Waals surface area (Å²) in [7, 11) is 2.83. The summed E-state index contributed by atoms with van der Waals surface area (Å²) in [6, 6.07) is 7.90. The molecule has 0 saturated carbocycles. The molecule has 0 aliphatic carbocycles. The first kappa shape index (κ1) is 12.0. The Kier molecular flexibility index (Phi) is 4.36. The average Bonchev–Trinajstić information content (AvgIpc) is 2.21. The van der Waals surface area contributed by atoms with Crippen LogP contribution in [0, 0.1) is 6.92 Å². The van der Waals surface area contributed by atoms with Crippen LogP contribution in [0.15, 0.2) is 24.3 Å². The van der Waals surface area contributed by atoms with Gasteiger partial charge in [-0.05, 0) is 0 Å². The van der Waals surface area contributed by atoms with Crippen molar-refractivity contribution in [3.8, 4) is 0 Å². The van der Waals surface area contributed by atoms with E-state index in [0.29, 0.717) is 0 Å². The molecular weight excluding hydrogens is 266 g/mol. The van der Waals surface area contributed by atoms with Gasteiger partial charge in [0.05, 0.1) is 0 Å².